The highest BCUT2D eigenvalue weighted by molar-refractivity contribution is 6.31. The van der Waals surface area contributed by atoms with Gasteiger partial charge < -0.3 is 10.4 Å². The summed E-state index contributed by atoms with van der Waals surface area (Å²) in [5, 5.41) is 16.2. The molecule has 1 heterocycles. The van der Waals surface area contributed by atoms with Gasteiger partial charge in [-0.2, -0.15) is 0 Å². The maximum Gasteiger partial charge on any atom is 0.120 e. The van der Waals surface area contributed by atoms with Gasteiger partial charge in [0.05, 0.1) is 16.9 Å². The number of hydrogen-bond acceptors (Lipinski definition) is 4. The SMILES string of the molecule is CCN(CC)Cc1cc(Nc2cc(-c3ccc(Cl)cc3)nc3cc(Cl)ccc23)ccc1O. The van der Waals surface area contributed by atoms with Gasteiger partial charge in [0.1, 0.15) is 5.75 Å². The van der Waals surface area contributed by atoms with Crippen LogP contribution in [0.1, 0.15) is 19.4 Å². The minimum absolute atomic E-state index is 0.302. The first-order valence-electron chi connectivity index (χ1n) is 10.6. The zero-order valence-electron chi connectivity index (χ0n) is 18.1. The molecule has 0 fully saturated rings. The zero-order valence-corrected chi connectivity index (χ0v) is 19.6. The lowest BCUT2D eigenvalue weighted by molar-refractivity contribution is 0.291. The second-order valence-corrected chi connectivity index (χ2v) is 8.53. The first kappa shape index (κ1) is 22.4. The van der Waals surface area contributed by atoms with E-state index in [1.54, 1.807) is 6.07 Å². The molecule has 4 aromatic rings. The number of aromatic hydroxyl groups is 1. The lowest BCUT2D eigenvalue weighted by Crippen LogP contribution is -2.22. The van der Waals surface area contributed by atoms with Gasteiger partial charge in [0.2, 0.25) is 0 Å². The smallest absolute Gasteiger partial charge is 0.120 e. The molecule has 3 aromatic carbocycles. The monoisotopic (exact) mass is 465 g/mol. The van der Waals surface area contributed by atoms with Gasteiger partial charge in [0.25, 0.3) is 0 Å². The van der Waals surface area contributed by atoms with Crippen LogP contribution >= 0.6 is 23.2 Å². The molecule has 0 saturated heterocycles. The minimum atomic E-state index is 0.302. The van der Waals surface area contributed by atoms with E-state index in [0.29, 0.717) is 22.3 Å². The number of rotatable bonds is 7. The van der Waals surface area contributed by atoms with Crippen LogP contribution in [0.2, 0.25) is 10.0 Å². The number of halogens is 2. The Bertz CT molecular complexity index is 1240. The van der Waals surface area contributed by atoms with Gasteiger partial charge in [-0.3, -0.25) is 4.90 Å². The first-order valence-corrected chi connectivity index (χ1v) is 11.4. The Labute approximate surface area is 198 Å². The number of aromatic nitrogens is 1. The van der Waals surface area contributed by atoms with Crippen LogP contribution in [0.4, 0.5) is 11.4 Å². The third kappa shape index (κ3) is 4.99. The Morgan fingerprint density at radius 3 is 2.31 bits per heavy atom. The number of phenols is 1. The fraction of sp³-hybridized carbons (Fsp3) is 0.192. The van der Waals surface area contributed by atoms with E-state index < -0.39 is 0 Å². The van der Waals surface area contributed by atoms with Gasteiger partial charge in [-0.05, 0) is 67.7 Å². The van der Waals surface area contributed by atoms with Gasteiger partial charge in [-0.25, -0.2) is 4.98 Å². The van der Waals surface area contributed by atoms with Gasteiger partial charge in [0, 0.05) is 38.8 Å². The number of nitrogens with one attached hydrogen (secondary N) is 1. The molecule has 4 rings (SSSR count). The lowest BCUT2D eigenvalue weighted by atomic mass is 10.1. The molecule has 0 amide bonds. The molecule has 0 radical (unpaired) electrons. The molecule has 0 unspecified atom stereocenters. The van der Waals surface area contributed by atoms with E-state index in [2.05, 4.69) is 24.1 Å². The molecule has 164 valence electrons. The molecule has 0 atom stereocenters. The molecular weight excluding hydrogens is 441 g/mol. The second kappa shape index (κ2) is 9.78. The van der Waals surface area contributed by atoms with Crippen LogP contribution in [0.3, 0.4) is 0 Å². The molecular formula is C26H25Cl2N3O. The summed E-state index contributed by atoms with van der Waals surface area (Å²) in [6, 6.07) is 20.9. The summed E-state index contributed by atoms with van der Waals surface area (Å²) < 4.78 is 0. The highest BCUT2D eigenvalue weighted by Gasteiger charge is 2.11. The van der Waals surface area contributed by atoms with Crippen molar-refractivity contribution < 1.29 is 5.11 Å². The number of nitrogens with zero attached hydrogens (tertiary/aromatic N) is 2. The lowest BCUT2D eigenvalue weighted by Gasteiger charge is -2.19. The molecule has 2 N–H and O–H groups in total. The number of anilines is 2. The van der Waals surface area contributed by atoms with Crippen LogP contribution in [0.15, 0.2) is 66.7 Å². The zero-order chi connectivity index (χ0) is 22.7. The summed E-state index contributed by atoms with van der Waals surface area (Å²) in [7, 11) is 0. The molecule has 6 heteroatoms. The Balaban J connectivity index is 1.76. The van der Waals surface area contributed by atoms with Crippen LogP contribution in [-0.2, 0) is 6.54 Å². The topological polar surface area (TPSA) is 48.4 Å². The second-order valence-electron chi connectivity index (χ2n) is 7.65. The van der Waals surface area contributed by atoms with E-state index in [0.717, 1.165) is 52.2 Å². The Kier molecular flexibility index (Phi) is 6.85. The molecule has 4 nitrogen and oxygen atoms in total. The molecule has 0 saturated carbocycles. The summed E-state index contributed by atoms with van der Waals surface area (Å²) in [4.78, 5) is 7.08. The van der Waals surface area contributed by atoms with E-state index in [4.69, 9.17) is 28.2 Å². The summed E-state index contributed by atoms with van der Waals surface area (Å²) in [5.74, 6) is 0.302. The molecule has 0 aliphatic rings. The van der Waals surface area contributed by atoms with Crippen molar-refractivity contribution in [3.63, 3.8) is 0 Å². The average Bonchev–Trinajstić information content (AvgIpc) is 2.79. The fourth-order valence-electron chi connectivity index (χ4n) is 3.71. The van der Waals surface area contributed by atoms with Crippen LogP contribution in [-0.4, -0.2) is 28.1 Å². The van der Waals surface area contributed by atoms with E-state index in [1.165, 1.54) is 0 Å². The molecule has 0 bridgehead atoms. The minimum Gasteiger partial charge on any atom is -0.508 e. The van der Waals surface area contributed by atoms with Crippen LogP contribution in [0.25, 0.3) is 22.2 Å². The van der Waals surface area contributed by atoms with Crippen molar-refractivity contribution in [1.82, 2.24) is 9.88 Å². The van der Waals surface area contributed by atoms with E-state index >= 15 is 0 Å². The quantitative estimate of drug-likeness (QED) is 0.277. The number of fused-ring (bicyclic) bond motifs is 1. The van der Waals surface area contributed by atoms with Crippen molar-refractivity contribution in [3.8, 4) is 17.0 Å². The third-order valence-electron chi connectivity index (χ3n) is 5.56. The highest BCUT2D eigenvalue weighted by atomic mass is 35.5. The van der Waals surface area contributed by atoms with Gasteiger partial charge in [-0.1, -0.05) is 49.2 Å². The highest BCUT2D eigenvalue weighted by Crippen LogP contribution is 2.33. The largest absolute Gasteiger partial charge is 0.508 e. The summed E-state index contributed by atoms with van der Waals surface area (Å²) >= 11 is 12.3. The third-order valence-corrected chi connectivity index (χ3v) is 6.05. The van der Waals surface area contributed by atoms with Crippen LogP contribution < -0.4 is 5.32 Å². The van der Waals surface area contributed by atoms with E-state index in [1.807, 2.05) is 60.7 Å². The Morgan fingerprint density at radius 1 is 0.875 bits per heavy atom. The Hall–Kier alpha value is -2.79. The summed E-state index contributed by atoms with van der Waals surface area (Å²) in [6.07, 6.45) is 0. The average molecular weight is 466 g/mol. The van der Waals surface area contributed by atoms with Crippen molar-refractivity contribution in [2.75, 3.05) is 18.4 Å². The number of pyridine rings is 1. The van der Waals surface area contributed by atoms with Crippen molar-refractivity contribution in [2.24, 2.45) is 0 Å². The van der Waals surface area contributed by atoms with Crippen molar-refractivity contribution >= 4 is 45.5 Å². The summed E-state index contributed by atoms with van der Waals surface area (Å²) in [5.41, 5.74) is 5.28. The van der Waals surface area contributed by atoms with Crippen molar-refractivity contribution in [1.29, 1.82) is 0 Å². The van der Waals surface area contributed by atoms with Gasteiger partial charge in [0.15, 0.2) is 0 Å². The van der Waals surface area contributed by atoms with E-state index in [9.17, 15) is 5.11 Å². The fourth-order valence-corrected chi connectivity index (χ4v) is 4.00. The van der Waals surface area contributed by atoms with Crippen molar-refractivity contribution in [3.05, 3.63) is 82.3 Å². The maximum absolute atomic E-state index is 10.4. The molecule has 0 aliphatic carbocycles. The van der Waals surface area contributed by atoms with Crippen LogP contribution in [0, 0.1) is 0 Å². The molecule has 0 aliphatic heterocycles. The predicted octanol–water partition coefficient (Wildman–Crippen LogP) is 7.50. The summed E-state index contributed by atoms with van der Waals surface area (Å²) in [6.45, 7) is 6.78. The number of benzene rings is 3. The molecule has 32 heavy (non-hydrogen) atoms. The maximum atomic E-state index is 10.4. The first-order chi connectivity index (χ1) is 15.5. The van der Waals surface area contributed by atoms with E-state index in [-0.39, 0.29) is 0 Å². The molecule has 0 spiro atoms. The van der Waals surface area contributed by atoms with Gasteiger partial charge >= 0.3 is 0 Å². The Morgan fingerprint density at radius 2 is 1.59 bits per heavy atom. The van der Waals surface area contributed by atoms with Gasteiger partial charge in [-0.15, -0.1) is 0 Å². The number of phenolic OH excluding ortho intramolecular Hbond substituents is 1. The number of hydrogen-bond donors (Lipinski definition) is 2. The predicted molar refractivity (Wildman–Crippen MR) is 135 cm³/mol. The molecule has 1 aromatic heterocycles. The standard InChI is InChI=1S/C26H25Cl2N3O/c1-3-31(4-2)16-18-13-21(10-12-26(18)32)29-25-15-23(17-5-7-19(27)8-6-17)30-24-14-20(28)9-11-22(24)25/h5-15,32H,3-4,16H2,1-2H3,(H,29,30). The normalized spacial score (nSPS) is 11.3. The van der Waals surface area contributed by atoms with Crippen molar-refractivity contribution in [2.45, 2.75) is 20.4 Å². The van der Waals surface area contributed by atoms with Crippen LogP contribution in [0.5, 0.6) is 5.75 Å².